The zero-order chi connectivity index (χ0) is 16.7. The van der Waals surface area contributed by atoms with Crippen molar-refractivity contribution >= 4 is 17.3 Å². The van der Waals surface area contributed by atoms with Crippen LogP contribution in [0.3, 0.4) is 0 Å². The van der Waals surface area contributed by atoms with Crippen LogP contribution in [0.2, 0.25) is 0 Å². The molecule has 0 heterocycles. The molecule has 1 aliphatic rings. The van der Waals surface area contributed by atoms with Crippen LogP contribution in [-0.4, -0.2) is 16.5 Å². The summed E-state index contributed by atoms with van der Waals surface area (Å²) < 4.78 is 0. The Morgan fingerprint density at radius 3 is 2.70 bits per heavy atom. The number of amides is 1. The maximum atomic E-state index is 12.0. The lowest BCUT2D eigenvalue weighted by atomic mass is 10.1. The van der Waals surface area contributed by atoms with Crippen molar-refractivity contribution in [2.45, 2.75) is 45.4 Å². The molecule has 0 saturated heterocycles. The van der Waals surface area contributed by atoms with Gasteiger partial charge in [0.05, 0.1) is 10.6 Å². The zero-order valence-corrected chi connectivity index (χ0v) is 13.2. The van der Waals surface area contributed by atoms with Crippen molar-refractivity contribution in [2.24, 2.45) is 5.10 Å². The molecule has 23 heavy (non-hydrogen) atoms. The molecule has 0 bridgehead atoms. The Labute approximate surface area is 135 Å². The molecule has 0 saturated carbocycles. The van der Waals surface area contributed by atoms with E-state index in [1.54, 1.807) is 0 Å². The van der Waals surface area contributed by atoms with E-state index in [4.69, 9.17) is 0 Å². The van der Waals surface area contributed by atoms with Gasteiger partial charge in [-0.3, -0.25) is 14.9 Å². The molecule has 2 rings (SSSR count). The number of non-ortho nitro benzene ring substituents is 1. The summed E-state index contributed by atoms with van der Waals surface area (Å²) in [5.41, 5.74) is 5.03. The lowest BCUT2D eigenvalue weighted by Crippen LogP contribution is -2.19. The third kappa shape index (κ3) is 4.74. The summed E-state index contributed by atoms with van der Waals surface area (Å²) >= 11 is 0. The number of nitro groups is 1. The fourth-order valence-corrected chi connectivity index (χ4v) is 2.52. The standard InChI is InChI=1S/C17H21N3O3/c1-2-3-4-6-13-7-5-8-16(13)18-19-17(21)14-9-11-15(12-10-14)20(22)23/h7,9-12H,2-6,8H2,1H3,(H,19,21). The summed E-state index contributed by atoms with van der Waals surface area (Å²) in [6.45, 7) is 2.17. The Hall–Kier alpha value is -2.50. The van der Waals surface area contributed by atoms with Gasteiger partial charge in [0.1, 0.15) is 0 Å². The Bertz CT molecular complexity index is 633. The van der Waals surface area contributed by atoms with Crippen molar-refractivity contribution in [3.8, 4) is 0 Å². The molecule has 0 spiro atoms. The molecule has 6 nitrogen and oxygen atoms in total. The van der Waals surface area contributed by atoms with Crippen LogP contribution in [0, 0.1) is 10.1 Å². The number of carbonyl (C=O) groups is 1. The number of carbonyl (C=O) groups excluding carboxylic acids is 1. The molecule has 1 aliphatic carbocycles. The Morgan fingerprint density at radius 2 is 2.04 bits per heavy atom. The highest BCUT2D eigenvalue weighted by Gasteiger charge is 2.14. The van der Waals surface area contributed by atoms with Crippen molar-refractivity contribution in [1.82, 2.24) is 5.43 Å². The predicted octanol–water partition coefficient (Wildman–Crippen LogP) is 3.98. The van der Waals surface area contributed by atoms with Crippen LogP contribution < -0.4 is 5.43 Å². The monoisotopic (exact) mass is 315 g/mol. The number of benzene rings is 1. The molecule has 0 fully saturated rings. The van der Waals surface area contributed by atoms with Crippen molar-refractivity contribution in [3.05, 3.63) is 51.6 Å². The Kier molecular flexibility index (Phi) is 6.02. The number of rotatable bonds is 7. The average Bonchev–Trinajstić information content (AvgIpc) is 3.00. The van der Waals surface area contributed by atoms with Crippen LogP contribution in [0.15, 0.2) is 41.0 Å². The largest absolute Gasteiger partial charge is 0.271 e. The number of hydrazone groups is 1. The Morgan fingerprint density at radius 1 is 1.30 bits per heavy atom. The third-order valence-electron chi connectivity index (χ3n) is 3.82. The van der Waals surface area contributed by atoms with E-state index >= 15 is 0 Å². The summed E-state index contributed by atoms with van der Waals surface area (Å²) in [4.78, 5) is 22.2. The molecule has 1 amide bonds. The number of nitrogens with zero attached hydrogens (tertiary/aromatic N) is 2. The zero-order valence-electron chi connectivity index (χ0n) is 13.2. The third-order valence-corrected chi connectivity index (χ3v) is 3.82. The lowest BCUT2D eigenvalue weighted by Gasteiger charge is -2.05. The molecule has 0 aromatic heterocycles. The van der Waals surface area contributed by atoms with E-state index in [1.807, 2.05) is 0 Å². The molecule has 1 aromatic rings. The SMILES string of the molecule is CCCCCC1=CCCC1=NNC(=O)c1ccc([N+](=O)[O-])cc1. The van der Waals surface area contributed by atoms with E-state index < -0.39 is 4.92 Å². The molecule has 1 aromatic carbocycles. The number of nitro benzene ring substituents is 1. The van der Waals surface area contributed by atoms with Crippen molar-refractivity contribution in [1.29, 1.82) is 0 Å². The van der Waals surface area contributed by atoms with Gasteiger partial charge in [-0.15, -0.1) is 0 Å². The minimum Gasteiger partial charge on any atom is -0.267 e. The highest BCUT2D eigenvalue weighted by molar-refractivity contribution is 6.03. The fraction of sp³-hybridized carbons (Fsp3) is 0.412. The van der Waals surface area contributed by atoms with Gasteiger partial charge in [-0.2, -0.15) is 5.10 Å². The summed E-state index contributed by atoms with van der Waals surface area (Å²) in [5.74, 6) is -0.354. The van der Waals surface area contributed by atoms with E-state index in [0.29, 0.717) is 5.56 Å². The summed E-state index contributed by atoms with van der Waals surface area (Å²) in [5, 5.41) is 14.8. The van der Waals surface area contributed by atoms with Crippen molar-refractivity contribution < 1.29 is 9.72 Å². The minimum absolute atomic E-state index is 0.0372. The van der Waals surface area contributed by atoms with Gasteiger partial charge < -0.3 is 0 Å². The maximum absolute atomic E-state index is 12.0. The van der Waals surface area contributed by atoms with Gasteiger partial charge in [0.15, 0.2) is 0 Å². The smallest absolute Gasteiger partial charge is 0.267 e. The molecular formula is C17H21N3O3. The first kappa shape index (κ1) is 16.9. The second-order valence-electron chi connectivity index (χ2n) is 5.53. The predicted molar refractivity (Wildman–Crippen MR) is 89.5 cm³/mol. The first-order chi connectivity index (χ1) is 11.1. The van der Waals surface area contributed by atoms with E-state index in [2.05, 4.69) is 23.5 Å². The number of unbranched alkanes of at least 4 members (excludes halogenated alkanes) is 2. The van der Waals surface area contributed by atoms with Crippen LogP contribution in [0.5, 0.6) is 0 Å². The Balaban J connectivity index is 1.94. The number of hydrogen-bond donors (Lipinski definition) is 1. The van der Waals surface area contributed by atoms with E-state index in [0.717, 1.165) is 31.4 Å². The number of nitrogens with one attached hydrogen (secondary N) is 1. The van der Waals surface area contributed by atoms with E-state index in [1.165, 1.54) is 42.7 Å². The fourth-order valence-electron chi connectivity index (χ4n) is 2.52. The molecule has 122 valence electrons. The van der Waals surface area contributed by atoms with Gasteiger partial charge in [0, 0.05) is 17.7 Å². The second-order valence-corrected chi connectivity index (χ2v) is 5.53. The first-order valence-electron chi connectivity index (χ1n) is 7.92. The van der Waals surface area contributed by atoms with Gasteiger partial charge in [-0.05, 0) is 43.4 Å². The van der Waals surface area contributed by atoms with Crippen LogP contribution in [-0.2, 0) is 0 Å². The molecule has 0 atom stereocenters. The van der Waals surface area contributed by atoms with Crippen LogP contribution >= 0.6 is 0 Å². The van der Waals surface area contributed by atoms with E-state index in [9.17, 15) is 14.9 Å². The molecule has 6 heteroatoms. The van der Waals surface area contributed by atoms with Crippen molar-refractivity contribution in [2.75, 3.05) is 0 Å². The normalized spacial score (nSPS) is 15.5. The highest BCUT2D eigenvalue weighted by atomic mass is 16.6. The van der Waals surface area contributed by atoms with Gasteiger partial charge in [0.2, 0.25) is 0 Å². The molecular weight excluding hydrogens is 294 g/mol. The van der Waals surface area contributed by atoms with Gasteiger partial charge in [0.25, 0.3) is 11.6 Å². The maximum Gasteiger partial charge on any atom is 0.271 e. The number of allylic oxidation sites excluding steroid dienone is 2. The lowest BCUT2D eigenvalue weighted by molar-refractivity contribution is -0.384. The van der Waals surface area contributed by atoms with Crippen LogP contribution in [0.4, 0.5) is 5.69 Å². The molecule has 0 radical (unpaired) electrons. The molecule has 1 N–H and O–H groups in total. The van der Waals surface area contributed by atoms with Gasteiger partial charge >= 0.3 is 0 Å². The topological polar surface area (TPSA) is 84.6 Å². The summed E-state index contributed by atoms with van der Waals surface area (Å²) in [6.07, 6.45) is 8.51. The minimum atomic E-state index is -0.492. The quantitative estimate of drug-likeness (QED) is 0.469. The van der Waals surface area contributed by atoms with Crippen LogP contribution in [0.1, 0.15) is 55.8 Å². The molecule has 0 aliphatic heterocycles. The first-order valence-corrected chi connectivity index (χ1v) is 7.92. The average molecular weight is 315 g/mol. The number of hydrogen-bond acceptors (Lipinski definition) is 4. The van der Waals surface area contributed by atoms with Crippen molar-refractivity contribution in [3.63, 3.8) is 0 Å². The second kappa shape index (κ2) is 8.22. The van der Waals surface area contributed by atoms with Crippen LogP contribution in [0.25, 0.3) is 0 Å². The highest BCUT2D eigenvalue weighted by Crippen LogP contribution is 2.21. The molecule has 0 unspecified atom stereocenters. The van der Waals surface area contributed by atoms with Gasteiger partial charge in [-0.25, -0.2) is 5.43 Å². The summed E-state index contributed by atoms with van der Waals surface area (Å²) in [6, 6.07) is 5.49. The summed E-state index contributed by atoms with van der Waals surface area (Å²) in [7, 11) is 0. The van der Waals surface area contributed by atoms with E-state index in [-0.39, 0.29) is 11.6 Å². The van der Waals surface area contributed by atoms with Gasteiger partial charge in [-0.1, -0.05) is 25.8 Å².